The molecule has 3 aliphatic heterocycles. The molecular formula is C19H24F3N3O. The van der Waals surface area contributed by atoms with Crippen molar-refractivity contribution in [2.24, 2.45) is 11.8 Å². The molecule has 142 valence electrons. The zero-order chi connectivity index (χ0) is 18.3. The lowest BCUT2D eigenvalue weighted by atomic mass is 9.95. The van der Waals surface area contributed by atoms with E-state index in [4.69, 9.17) is 0 Å². The van der Waals surface area contributed by atoms with Crippen LogP contribution in [0.15, 0.2) is 24.3 Å². The minimum absolute atomic E-state index is 0.170. The first-order valence-corrected chi connectivity index (χ1v) is 9.36. The molecule has 1 aromatic rings. The van der Waals surface area contributed by atoms with Crippen LogP contribution in [0.3, 0.4) is 0 Å². The van der Waals surface area contributed by atoms with Crippen molar-refractivity contribution in [3.63, 3.8) is 0 Å². The highest BCUT2D eigenvalue weighted by Crippen LogP contribution is 2.36. The van der Waals surface area contributed by atoms with Crippen LogP contribution in [0, 0.1) is 11.8 Å². The summed E-state index contributed by atoms with van der Waals surface area (Å²) in [6, 6.07) is 5.06. The van der Waals surface area contributed by atoms with Gasteiger partial charge in [0, 0.05) is 32.2 Å². The Bertz CT molecular complexity index is 674. The quantitative estimate of drug-likeness (QED) is 0.875. The van der Waals surface area contributed by atoms with Crippen molar-refractivity contribution in [1.82, 2.24) is 9.80 Å². The van der Waals surface area contributed by atoms with E-state index in [0.29, 0.717) is 25.0 Å². The minimum Gasteiger partial charge on any atom is -0.323 e. The number of alkyl halides is 3. The molecule has 2 bridgehead atoms. The van der Waals surface area contributed by atoms with Gasteiger partial charge in [-0.2, -0.15) is 13.2 Å². The van der Waals surface area contributed by atoms with Gasteiger partial charge in [0.15, 0.2) is 0 Å². The van der Waals surface area contributed by atoms with E-state index in [-0.39, 0.29) is 5.69 Å². The monoisotopic (exact) mass is 367 g/mol. The Hall–Kier alpha value is -1.76. The number of carbonyl (C=O) groups excluding carboxylic acids is 1. The molecule has 1 saturated carbocycles. The first kappa shape index (κ1) is 17.6. The molecule has 0 radical (unpaired) electrons. The summed E-state index contributed by atoms with van der Waals surface area (Å²) in [5.41, 5.74) is -0.974. The summed E-state index contributed by atoms with van der Waals surface area (Å²) in [6.07, 6.45) is 0.274. The highest BCUT2D eigenvalue weighted by molar-refractivity contribution is 5.90. The SMILES string of the molecule is O=C(Nc1ccccc1C(F)(F)F)N1C[C@H]2CC[C@@H](C1)N(CC1CC1)C2. The van der Waals surface area contributed by atoms with E-state index >= 15 is 0 Å². The number of piperidine rings is 1. The first-order valence-electron chi connectivity index (χ1n) is 9.36. The number of nitrogens with zero attached hydrogens (tertiary/aromatic N) is 2. The smallest absolute Gasteiger partial charge is 0.323 e. The second kappa shape index (κ2) is 6.76. The van der Waals surface area contributed by atoms with Crippen molar-refractivity contribution in [2.45, 2.75) is 37.9 Å². The van der Waals surface area contributed by atoms with Gasteiger partial charge in [0.05, 0.1) is 11.3 Å². The molecular weight excluding hydrogens is 343 g/mol. The van der Waals surface area contributed by atoms with Gasteiger partial charge in [-0.15, -0.1) is 0 Å². The molecule has 1 aliphatic carbocycles. The van der Waals surface area contributed by atoms with Gasteiger partial charge < -0.3 is 10.2 Å². The lowest BCUT2D eigenvalue weighted by Gasteiger charge is -2.36. The maximum Gasteiger partial charge on any atom is 0.418 e. The molecule has 7 heteroatoms. The average Bonchev–Trinajstić information content (AvgIpc) is 3.42. The van der Waals surface area contributed by atoms with Crippen LogP contribution in [0.4, 0.5) is 23.7 Å². The van der Waals surface area contributed by atoms with Crippen LogP contribution < -0.4 is 5.32 Å². The number of carbonyl (C=O) groups is 1. The number of benzene rings is 1. The summed E-state index contributed by atoms with van der Waals surface area (Å²) in [4.78, 5) is 16.9. The van der Waals surface area contributed by atoms with Gasteiger partial charge in [-0.05, 0) is 49.7 Å². The van der Waals surface area contributed by atoms with E-state index in [1.165, 1.54) is 31.0 Å². The van der Waals surface area contributed by atoms with Crippen LogP contribution in [0.5, 0.6) is 0 Å². The number of hydrogen-bond acceptors (Lipinski definition) is 2. The molecule has 2 atom stereocenters. The molecule has 4 nitrogen and oxygen atoms in total. The highest BCUT2D eigenvalue weighted by Gasteiger charge is 2.39. The van der Waals surface area contributed by atoms with Crippen LogP contribution in [0.2, 0.25) is 0 Å². The third kappa shape index (κ3) is 3.82. The lowest BCUT2D eigenvalue weighted by molar-refractivity contribution is -0.136. The Morgan fingerprint density at radius 1 is 1.08 bits per heavy atom. The summed E-state index contributed by atoms with van der Waals surface area (Å²) < 4.78 is 39.4. The summed E-state index contributed by atoms with van der Waals surface area (Å²) in [5, 5.41) is 2.50. The van der Waals surface area contributed by atoms with Crippen molar-refractivity contribution >= 4 is 11.7 Å². The third-order valence-electron chi connectivity index (χ3n) is 5.78. The first-order chi connectivity index (χ1) is 12.4. The van der Waals surface area contributed by atoms with E-state index in [2.05, 4.69) is 10.2 Å². The van der Waals surface area contributed by atoms with Gasteiger partial charge in [0.1, 0.15) is 0 Å². The Labute approximate surface area is 151 Å². The standard InChI is InChI=1S/C19H24F3N3O/c20-19(21,22)16-3-1-2-4-17(16)23-18(26)25-11-14-7-8-15(12-25)24(10-14)9-13-5-6-13/h1-4,13-15H,5-12H2,(H,23,26)/t14-,15-/m0/s1. The van der Waals surface area contributed by atoms with Gasteiger partial charge >= 0.3 is 12.2 Å². The van der Waals surface area contributed by atoms with E-state index in [1.54, 1.807) is 4.90 Å². The van der Waals surface area contributed by atoms with Gasteiger partial charge in [-0.3, -0.25) is 4.90 Å². The predicted molar refractivity (Wildman–Crippen MR) is 92.8 cm³/mol. The number of para-hydroxylation sites is 1. The molecule has 0 unspecified atom stereocenters. The number of rotatable bonds is 3. The Balaban J connectivity index is 1.46. The van der Waals surface area contributed by atoms with Gasteiger partial charge in [-0.25, -0.2) is 4.79 Å². The van der Waals surface area contributed by atoms with Gasteiger partial charge in [0.2, 0.25) is 0 Å². The van der Waals surface area contributed by atoms with Crippen LogP contribution >= 0.6 is 0 Å². The summed E-state index contributed by atoms with van der Waals surface area (Å²) in [7, 11) is 0. The highest BCUT2D eigenvalue weighted by atomic mass is 19.4. The normalized spacial score (nSPS) is 26.7. The Morgan fingerprint density at radius 3 is 2.58 bits per heavy atom. The number of halogens is 3. The van der Waals surface area contributed by atoms with E-state index in [1.807, 2.05) is 0 Å². The van der Waals surface area contributed by atoms with Crippen LogP contribution in [-0.4, -0.2) is 48.1 Å². The molecule has 2 amide bonds. The molecule has 1 N–H and O–H groups in total. The summed E-state index contributed by atoms with van der Waals surface area (Å²) in [5.74, 6) is 1.21. The molecule has 5 rings (SSSR count). The van der Waals surface area contributed by atoms with E-state index < -0.39 is 17.8 Å². The Kier molecular flexibility index (Phi) is 4.59. The van der Waals surface area contributed by atoms with Crippen molar-refractivity contribution in [2.75, 3.05) is 31.5 Å². The number of fused-ring (bicyclic) bond motifs is 4. The molecule has 3 heterocycles. The third-order valence-corrected chi connectivity index (χ3v) is 5.78. The van der Waals surface area contributed by atoms with Crippen molar-refractivity contribution in [1.29, 1.82) is 0 Å². The van der Waals surface area contributed by atoms with Crippen LogP contribution in [0.25, 0.3) is 0 Å². The molecule has 0 aromatic heterocycles. The average molecular weight is 367 g/mol. The van der Waals surface area contributed by atoms with Crippen molar-refractivity contribution in [3.8, 4) is 0 Å². The van der Waals surface area contributed by atoms with Crippen molar-refractivity contribution in [3.05, 3.63) is 29.8 Å². The second-order valence-electron chi connectivity index (χ2n) is 7.87. The fourth-order valence-corrected chi connectivity index (χ4v) is 4.23. The van der Waals surface area contributed by atoms with Gasteiger partial charge in [-0.1, -0.05) is 12.1 Å². The van der Waals surface area contributed by atoms with Gasteiger partial charge in [0.25, 0.3) is 0 Å². The van der Waals surface area contributed by atoms with E-state index in [9.17, 15) is 18.0 Å². The number of urea groups is 1. The molecule has 4 aliphatic rings. The number of hydrogen-bond donors (Lipinski definition) is 1. The molecule has 26 heavy (non-hydrogen) atoms. The maximum absolute atomic E-state index is 13.1. The molecule has 3 saturated heterocycles. The second-order valence-corrected chi connectivity index (χ2v) is 7.87. The zero-order valence-corrected chi connectivity index (χ0v) is 14.6. The molecule has 1 aromatic carbocycles. The Morgan fingerprint density at radius 2 is 1.85 bits per heavy atom. The predicted octanol–water partition coefficient (Wildman–Crippen LogP) is 4.04. The topological polar surface area (TPSA) is 35.6 Å². The largest absolute Gasteiger partial charge is 0.418 e. The summed E-state index contributed by atoms with van der Waals surface area (Å²) in [6.45, 7) is 3.33. The molecule has 0 spiro atoms. The maximum atomic E-state index is 13.1. The van der Waals surface area contributed by atoms with Crippen LogP contribution in [0.1, 0.15) is 31.2 Å². The van der Waals surface area contributed by atoms with Crippen LogP contribution in [-0.2, 0) is 6.18 Å². The van der Waals surface area contributed by atoms with E-state index in [0.717, 1.165) is 37.9 Å². The fraction of sp³-hybridized carbons (Fsp3) is 0.632. The fourth-order valence-electron chi connectivity index (χ4n) is 4.23. The number of anilines is 1. The van der Waals surface area contributed by atoms with Crippen molar-refractivity contribution < 1.29 is 18.0 Å². The number of amides is 2. The minimum atomic E-state index is -4.48. The molecule has 4 fully saturated rings. The number of nitrogens with one attached hydrogen (secondary N) is 1. The zero-order valence-electron chi connectivity index (χ0n) is 14.6. The lowest BCUT2D eigenvalue weighted by Crippen LogP contribution is -2.45. The summed E-state index contributed by atoms with van der Waals surface area (Å²) >= 11 is 0.